The van der Waals surface area contributed by atoms with E-state index in [9.17, 15) is 4.79 Å². The van der Waals surface area contributed by atoms with Gasteiger partial charge in [-0.25, -0.2) is 9.78 Å². The summed E-state index contributed by atoms with van der Waals surface area (Å²) in [5.74, 6) is -0.481. The molecular formula is C12H21N5O2. The van der Waals surface area contributed by atoms with Gasteiger partial charge in [0.15, 0.2) is 0 Å². The predicted octanol–water partition coefficient (Wildman–Crippen LogP) is -1.12. The Morgan fingerprint density at radius 1 is 1.16 bits per heavy atom. The molecule has 0 bridgehead atoms. The third kappa shape index (κ3) is 7.47. The lowest BCUT2D eigenvalue weighted by atomic mass is 10.4. The SMILES string of the molecule is NCCNCCNCCNOC(=O)c1ccccn1. The minimum atomic E-state index is -0.481. The van der Waals surface area contributed by atoms with Gasteiger partial charge in [0.2, 0.25) is 0 Å². The average Bonchev–Trinajstić information content (AvgIpc) is 2.46. The van der Waals surface area contributed by atoms with E-state index in [1.54, 1.807) is 24.4 Å². The van der Waals surface area contributed by atoms with Crippen molar-refractivity contribution in [2.24, 2.45) is 5.73 Å². The molecule has 7 heteroatoms. The van der Waals surface area contributed by atoms with Crippen LogP contribution in [0, 0.1) is 0 Å². The number of pyridine rings is 1. The van der Waals surface area contributed by atoms with Gasteiger partial charge in [-0.3, -0.25) is 0 Å². The van der Waals surface area contributed by atoms with Gasteiger partial charge in [0.1, 0.15) is 5.69 Å². The molecule has 1 aromatic rings. The van der Waals surface area contributed by atoms with Crippen LogP contribution in [-0.4, -0.2) is 50.2 Å². The average molecular weight is 267 g/mol. The smallest absolute Gasteiger partial charge is 0.366 e. The van der Waals surface area contributed by atoms with Crippen molar-refractivity contribution < 1.29 is 9.63 Å². The Morgan fingerprint density at radius 2 is 1.89 bits per heavy atom. The van der Waals surface area contributed by atoms with Crippen molar-refractivity contribution in [3.63, 3.8) is 0 Å². The number of nitrogens with zero attached hydrogens (tertiary/aromatic N) is 1. The standard InChI is InChI=1S/C12H21N5O2/c13-4-6-14-7-8-15-9-10-17-19-12(18)11-3-1-2-5-16-11/h1-3,5,14-15,17H,4,6-10,13H2. The normalized spacial score (nSPS) is 10.4. The molecule has 0 saturated carbocycles. The molecule has 1 heterocycles. The number of rotatable bonds is 10. The maximum atomic E-state index is 11.5. The minimum Gasteiger partial charge on any atom is -0.366 e. The van der Waals surface area contributed by atoms with Gasteiger partial charge < -0.3 is 21.2 Å². The fourth-order valence-electron chi connectivity index (χ4n) is 1.32. The fourth-order valence-corrected chi connectivity index (χ4v) is 1.32. The highest BCUT2D eigenvalue weighted by Gasteiger charge is 2.06. The highest BCUT2D eigenvalue weighted by molar-refractivity contribution is 5.86. The first-order valence-corrected chi connectivity index (χ1v) is 6.31. The van der Waals surface area contributed by atoms with Crippen LogP contribution in [0.4, 0.5) is 0 Å². The molecular weight excluding hydrogens is 246 g/mol. The Bertz CT molecular complexity index is 347. The first-order chi connectivity index (χ1) is 9.34. The van der Waals surface area contributed by atoms with Crippen molar-refractivity contribution in [1.82, 2.24) is 21.1 Å². The molecule has 106 valence electrons. The molecule has 0 saturated heterocycles. The van der Waals surface area contributed by atoms with E-state index in [0.717, 1.165) is 19.6 Å². The first-order valence-electron chi connectivity index (χ1n) is 6.31. The second-order valence-corrected chi connectivity index (χ2v) is 3.79. The van der Waals surface area contributed by atoms with Crippen molar-refractivity contribution in [3.8, 4) is 0 Å². The van der Waals surface area contributed by atoms with E-state index in [2.05, 4.69) is 21.1 Å². The molecule has 0 aliphatic rings. The van der Waals surface area contributed by atoms with Crippen molar-refractivity contribution in [1.29, 1.82) is 0 Å². The van der Waals surface area contributed by atoms with Crippen LogP contribution < -0.4 is 21.8 Å². The summed E-state index contributed by atoms with van der Waals surface area (Å²) >= 11 is 0. The van der Waals surface area contributed by atoms with Crippen LogP contribution in [0.2, 0.25) is 0 Å². The second kappa shape index (κ2) is 10.4. The third-order valence-corrected chi connectivity index (χ3v) is 2.24. The van der Waals surface area contributed by atoms with Gasteiger partial charge in [0.05, 0.1) is 0 Å². The van der Waals surface area contributed by atoms with Crippen molar-refractivity contribution in [2.45, 2.75) is 0 Å². The second-order valence-electron chi connectivity index (χ2n) is 3.79. The zero-order chi connectivity index (χ0) is 13.8. The van der Waals surface area contributed by atoms with E-state index in [-0.39, 0.29) is 5.69 Å². The van der Waals surface area contributed by atoms with Gasteiger partial charge in [-0.2, -0.15) is 5.48 Å². The van der Waals surface area contributed by atoms with Crippen LogP contribution in [0.15, 0.2) is 24.4 Å². The summed E-state index contributed by atoms with van der Waals surface area (Å²) in [7, 11) is 0. The number of aromatic nitrogens is 1. The summed E-state index contributed by atoms with van der Waals surface area (Å²) < 4.78 is 0. The highest BCUT2D eigenvalue weighted by Crippen LogP contribution is 1.94. The van der Waals surface area contributed by atoms with Crippen LogP contribution in [0.25, 0.3) is 0 Å². The predicted molar refractivity (Wildman–Crippen MR) is 72.4 cm³/mol. The van der Waals surface area contributed by atoms with Gasteiger partial charge in [-0.15, -0.1) is 0 Å². The molecule has 0 aliphatic carbocycles. The molecule has 0 aromatic carbocycles. The lowest BCUT2D eigenvalue weighted by molar-refractivity contribution is 0.0250. The molecule has 0 aliphatic heterocycles. The van der Waals surface area contributed by atoms with Crippen LogP contribution in [-0.2, 0) is 4.84 Å². The van der Waals surface area contributed by atoms with Crippen LogP contribution in [0.5, 0.6) is 0 Å². The molecule has 0 fully saturated rings. The summed E-state index contributed by atoms with van der Waals surface area (Å²) in [6.07, 6.45) is 1.55. The summed E-state index contributed by atoms with van der Waals surface area (Å²) in [5.41, 5.74) is 8.22. The number of carbonyl (C=O) groups is 1. The Kier molecular flexibility index (Phi) is 8.48. The van der Waals surface area contributed by atoms with Crippen LogP contribution in [0.1, 0.15) is 10.5 Å². The van der Waals surface area contributed by atoms with Gasteiger partial charge in [0.25, 0.3) is 0 Å². The lowest BCUT2D eigenvalue weighted by Gasteiger charge is -2.07. The van der Waals surface area contributed by atoms with Crippen LogP contribution in [0.3, 0.4) is 0 Å². The lowest BCUT2D eigenvalue weighted by Crippen LogP contribution is -2.34. The molecule has 1 rings (SSSR count). The number of nitrogens with one attached hydrogen (secondary N) is 3. The Balaban J connectivity index is 1.95. The van der Waals surface area contributed by atoms with E-state index in [1.807, 2.05) is 0 Å². The highest BCUT2D eigenvalue weighted by atomic mass is 16.7. The van der Waals surface area contributed by atoms with Gasteiger partial charge in [0, 0.05) is 45.5 Å². The molecule has 7 nitrogen and oxygen atoms in total. The zero-order valence-corrected chi connectivity index (χ0v) is 10.9. The summed E-state index contributed by atoms with van der Waals surface area (Å²) in [6.45, 7) is 4.42. The fraction of sp³-hybridized carbons (Fsp3) is 0.500. The molecule has 5 N–H and O–H groups in total. The van der Waals surface area contributed by atoms with Gasteiger partial charge in [-0.05, 0) is 12.1 Å². The first kappa shape index (κ1) is 15.5. The molecule has 19 heavy (non-hydrogen) atoms. The topological polar surface area (TPSA) is 101 Å². The molecule has 0 unspecified atom stereocenters. The van der Waals surface area contributed by atoms with Gasteiger partial charge >= 0.3 is 5.97 Å². The van der Waals surface area contributed by atoms with Crippen molar-refractivity contribution >= 4 is 5.97 Å². The number of hydrogen-bond donors (Lipinski definition) is 4. The summed E-state index contributed by atoms with van der Waals surface area (Å²) in [5, 5.41) is 6.35. The number of hydrogen-bond acceptors (Lipinski definition) is 7. The molecule has 1 aromatic heterocycles. The monoisotopic (exact) mass is 267 g/mol. The third-order valence-electron chi connectivity index (χ3n) is 2.24. The van der Waals surface area contributed by atoms with E-state index in [4.69, 9.17) is 10.6 Å². The Morgan fingerprint density at radius 3 is 2.58 bits per heavy atom. The molecule has 0 amide bonds. The molecule has 0 spiro atoms. The van der Waals surface area contributed by atoms with E-state index in [1.165, 1.54) is 0 Å². The van der Waals surface area contributed by atoms with Crippen LogP contribution >= 0.6 is 0 Å². The number of nitrogens with two attached hydrogens (primary N) is 1. The Hall–Kier alpha value is -1.54. The number of carbonyl (C=O) groups excluding carboxylic acids is 1. The van der Waals surface area contributed by atoms with Crippen molar-refractivity contribution in [3.05, 3.63) is 30.1 Å². The quantitative estimate of drug-likeness (QED) is 0.315. The molecule has 0 atom stereocenters. The largest absolute Gasteiger partial charge is 0.375 e. The maximum Gasteiger partial charge on any atom is 0.375 e. The van der Waals surface area contributed by atoms with E-state index >= 15 is 0 Å². The van der Waals surface area contributed by atoms with E-state index < -0.39 is 5.97 Å². The number of hydroxylamine groups is 1. The summed E-state index contributed by atoms with van der Waals surface area (Å²) in [6, 6.07) is 5.08. The maximum absolute atomic E-state index is 11.5. The zero-order valence-electron chi connectivity index (χ0n) is 10.9. The molecule has 0 radical (unpaired) electrons. The summed E-state index contributed by atoms with van der Waals surface area (Å²) in [4.78, 5) is 20.2. The minimum absolute atomic E-state index is 0.286. The Labute approximate surface area is 112 Å². The van der Waals surface area contributed by atoms with Gasteiger partial charge in [-0.1, -0.05) is 6.07 Å². The van der Waals surface area contributed by atoms with E-state index in [0.29, 0.717) is 19.6 Å². The van der Waals surface area contributed by atoms with Crippen molar-refractivity contribution in [2.75, 3.05) is 39.3 Å².